The van der Waals surface area contributed by atoms with Crippen LogP contribution in [0.25, 0.3) is 22.3 Å². The van der Waals surface area contributed by atoms with Crippen LogP contribution in [0.2, 0.25) is 5.02 Å². The summed E-state index contributed by atoms with van der Waals surface area (Å²) in [6.45, 7) is 4.78. The number of hydrogen-bond donors (Lipinski definition) is 1. The Hall–Kier alpha value is -3.16. The SMILES string of the molecule is Cn1nc2nc(N3CCN(CCc4ccccc4)CC3)nc(-c3ccc(Cl)cc3)c2c1N. The zero-order chi connectivity index (χ0) is 22.1. The number of nitrogens with two attached hydrogens (primary N) is 1. The van der Waals surface area contributed by atoms with E-state index in [4.69, 9.17) is 27.3 Å². The Bertz CT molecular complexity index is 1210. The molecular formula is C24H26ClN7. The van der Waals surface area contributed by atoms with Crippen LogP contribution in [-0.2, 0) is 13.5 Å². The molecule has 32 heavy (non-hydrogen) atoms. The lowest BCUT2D eigenvalue weighted by molar-refractivity contribution is 0.260. The lowest BCUT2D eigenvalue weighted by Crippen LogP contribution is -2.47. The highest BCUT2D eigenvalue weighted by molar-refractivity contribution is 6.30. The largest absolute Gasteiger partial charge is 0.383 e. The number of aromatic nitrogens is 4. The second kappa shape index (κ2) is 8.76. The van der Waals surface area contributed by atoms with Gasteiger partial charge in [-0.25, -0.2) is 4.98 Å². The Labute approximate surface area is 192 Å². The third-order valence-electron chi connectivity index (χ3n) is 6.06. The van der Waals surface area contributed by atoms with Crippen LogP contribution in [0.4, 0.5) is 11.8 Å². The molecule has 4 aromatic rings. The first-order valence-corrected chi connectivity index (χ1v) is 11.2. The van der Waals surface area contributed by atoms with E-state index in [0.717, 1.165) is 55.8 Å². The summed E-state index contributed by atoms with van der Waals surface area (Å²) in [6.07, 6.45) is 1.07. The van der Waals surface area contributed by atoms with Gasteiger partial charge in [-0.1, -0.05) is 54.1 Å². The fourth-order valence-electron chi connectivity index (χ4n) is 4.16. The molecule has 0 saturated carbocycles. The molecule has 3 heterocycles. The van der Waals surface area contributed by atoms with E-state index in [9.17, 15) is 0 Å². The number of nitrogen functional groups attached to an aromatic ring is 1. The Morgan fingerprint density at radius 2 is 1.66 bits per heavy atom. The standard InChI is InChI=1S/C24H26ClN7/c1-30-22(26)20-21(18-7-9-19(25)10-8-18)27-24(28-23(20)29-30)32-15-13-31(14-16-32)12-11-17-5-3-2-4-6-17/h2-10H,11-16,26H2,1H3. The molecule has 0 radical (unpaired) electrons. The minimum atomic E-state index is 0.558. The van der Waals surface area contributed by atoms with Gasteiger partial charge in [0, 0.05) is 50.4 Å². The van der Waals surface area contributed by atoms with Gasteiger partial charge in [-0.15, -0.1) is 0 Å². The number of aryl methyl sites for hydroxylation is 1. The van der Waals surface area contributed by atoms with E-state index >= 15 is 0 Å². The molecule has 164 valence electrons. The summed E-state index contributed by atoms with van der Waals surface area (Å²) in [7, 11) is 1.83. The van der Waals surface area contributed by atoms with Crippen molar-refractivity contribution in [3.8, 4) is 11.3 Å². The summed E-state index contributed by atoms with van der Waals surface area (Å²) in [5.41, 5.74) is 10.0. The van der Waals surface area contributed by atoms with Crippen LogP contribution >= 0.6 is 11.6 Å². The number of nitrogens with zero attached hydrogens (tertiary/aromatic N) is 6. The molecule has 0 atom stereocenters. The molecule has 1 saturated heterocycles. The predicted octanol–water partition coefficient (Wildman–Crippen LogP) is 3.63. The van der Waals surface area contributed by atoms with Crippen molar-refractivity contribution in [2.24, 2.45) is 7.05 Å². The summed E-state index contributed by atoms with van der Waals surface area (Å²) in [5.74, 6) is 1.26. The highest BCUT2D eigenvalue weighted by Gasteiger charge is 2.23. The fraction of sp³-hybridized carbons (Fsp3) is 0.292. The van der Waals surface area contributed by atoms with Gasteiger partial charge in [-0.05, 0) is 24.1 Å². The van der Waals surface area contributed by atoms with Crippen molar-refractivity contribution < 1.29 is 0 Å². The van der Waals surface area contributed by atoms with Crippen LogP contribution in [0.15, 0.2) is 54.6 Å². The number of anilines is 2. The van der Waals surface area contributed by atoms with Gasteiger partial charge in [0.1, 0.15) is 5.82 Å². The second-order valence-corrected chi connectivity index (χ2v) is 8.59. The van der Waals surface area contributed by atoms with Crippen molar-refractivity contribution in [2.75, 3.05) is 43.4 Å². The van der Waals surface area contributed by atoms with Gasteiger partial charge in [0.05, 0.1) is 11.1 Å². The molecule has 5 rings (SSSR count). The first-order valence-electron chi connectivity index (χ1n) is 10.9. The minimum absolute atomic E-state index is 0.558. The van der Waals surface area contributed by atoms with Crippen molar-refractivity contribution in [3.05, 3.63) is 65.2 Å². The maximum atomic E-state index is 6.31. The third-order valence-corrected chi connectivity index (χ3v) is 6.31. The Kier molecular flexibility index (Phi) is 5.68. The van der Waals surface area contributed by atoms with Crippen LogP contribution < -0.4 is 10.6 Å². The molecule has 1 aliphatic heterocycles. The van der Waals surface area contributed by atoms with Crippen molar-refractivity contribution in [1.29, 1.82) is 0 Å². The first kappa shape index (κ1) is 20.7. The van der Waals surface area contributed by atoms with Crippen LogP contribution in [0.1, 0.15) is 5.56 Å². The quantitative estimate of drug-likeness (QED) is 0.503. The topological polar surface area (TPSA) is 76.1 Å². The smallest absolute Gasteiger partial charge is 0.228 e. The summed E-state index contributed by atoms with van der Waals surface area (Å²) < 4.78 is 1.66. The van der Waals surface area contributed by atoms with Crippen molar-refractivity contribution >= 4 is 34.4 Å². The van der Waals surface area contributed by atoms with Gasteiger partial charge >= 0.3 is 0 Å². The van der Waals surface area contributed by atoms with E-state index in [2.05, 4.69) is 45.2 Å². The molecule has 2 aromatic heterocycles. The Morgan fingerprint density at radius 1 is 0.938 bits per heavy atom. The number of rotatable bonds is 5. The van der Waals surface area contributed by atoms with Crippen molar-refractivity contribution in [3.63, 3.8) is 0 Å². The Morgan fingerprint density at radius 3 is 2.38 bits per heavy atom. The molecule has 0 spiro atoms. The van der Waals surface area contributed by atoms with E-state index in [0.29, 0.717) is 22.4 Å². The summed E-state index contributed by atoms with van der Waals surface area (Å²) >= 11 is 6.10. The molecule has 0 unspecified atom stereocenters. The maximum Gasteiger partial charge on any atom is 0.228 e. The average Bonchev–Trinajstić information content (AvgIpc) is 3.12. The van der Waals surface area contributed by atoms with E-state index in [1.54, 1.807) is 4.68 Å². The normalized spacial score (nSPS) is 14.9. The minimum Gasteiger partial charge on any atom is -0.383 e. The van der Waals surface area contributed by atoms with Crippen LogP contribution in [0, 0.1) is 0 Å². The average molecular weight is 448 g/mol. The van der Waals surface area contributed by atoms with Crippen molar-refractivity contribution in [1.82, 2.24) is 24.6 Å². The molecule has 1 aliphatic rings. The lowest BCUT2D eigenvalue weighted by Gasteiger charge is -2.34. The van der Waals surface area contributed by atoms with Gasteiger partial charge in [0.15, 0.2) is 5.65 Å². The van der Waals surface area contributed by atoms with Crippen molar-refractivity contribution in [2.45, 2.75) is 6.42 Å². The molecular weight excluding hydrogens is 422 g/mol. The van der Waals surface area contributed by atoms with E-state index < -0.39 is 0 Å². The van der Waals surface area contributed by atoms with Gasteiger partial charge in [-0.2, -0.15) is 10.1 Å². The molecule has 7 nitrogen and oxygen atoms in total. The molecule has 0 amide bonds. The van der Waals surface area contributed by atoms with E-state index in [1.807, 2.05) is 31.3 Å². The molecule has 0 aliphatic carbocycles. The van der Waals surface area contributed by atoms with Gasteiger partial charge in [-0.3, -0.25) is 9.58 Å². The Balaban J connectivity index is 1.37. The summed E-state index contributed by atoms with van der Waals surface area (Å²) in [4.78, 5) is 14.4. The number of halogens is 1. The summed E-state index contributed by atoms with van der Waals surface area (Å²) in [6, 6.07) is 18.3. The van der Waals surface area contributed by atoms with Crippen LogP contribution in [0.5, 0.6) is 0 Å². The van der Waals surface area contributed by atoms with Gasteiger partial charge < -0.3 is 10.6 Å². The molecule has 1 fully saturated rings. The van der Waals surface area contributed by atoms with Crippen LogP contribution in [-0.4, -0.2) is 57.4 Å². The monoisotopic (exact) mass is 447 g/mol. The second-order valence-electron chi connectivity index (χ2n) is 8.15. The number of hydrogen-bond acceptors (Lipinski definition) is 6. The highest BCUT2D eigenvalue weighted by atomic mass is 35.5. The number of piperazine rings is 1. The predicted molar refractivity (Wildman–Crippen MR) is 130 cm³/mol. The number of fused-ring (bicyclic) bond motifs is 1. The third kappa shape index (κ3) is 4.13. The number of benzene rings is 2. The molecule has 2 N–H and O–H groups in total. The lowest BCUT2D eigenvalue weighted by atomic mass is 10.1. The molecule has 2 aromatic carbocycles. The zero-order valence-corrected chi connectivity index (χ0v) is 18.8. The van der Waals surface area contributed by atoms with Gasteiger partial charge in [0.2, 0.25) is 5.95 Å². The maximum absolute atomic E-state index is 6.31. The van der Waals surface area contributed by atoms with E-state index in [-0.39, 0.29) is 0 Å². The first-order chi connectivity index (χ1) is 15.6. The zero-order valence-electron chi connectivity index (χ0n) is 18.1. The van der Waals surface area contributed by atoms with E-state index in [1.165, 1.54) is 5.56 Å². The molecule has 8 heteroatoms. The fourth-order valence-corrected chi connectivity index (χ4v) is 4.29. The summed E-state index contributed by atoms with van der Waals surface area (Å²) in [5, 5.41) is 5.99. The highest BCUT2D eigenvalue weighted by Crippen LogP contribution is 2.32. The van der Waals surface area contributed by atoms with Gasteiger partial charge in [0.25, 0.3) is 0 Å². The molecule has 0 bridgehead atoms. The van der Waals surface area contributed by atoms with Crippen LogP contribution in [0.3, 0.4) is 0 Å².